The summed E-state index contributed by atoms with van der Waals surface area (Å²) in [6, 6.07) is 5.93. The summed E-state index contributed by atoms with van der Waals surface area (Å²) >= 11 is 18.9. The van der Waals surface area contributed by atoms with Gasteiger partial charge in [-0.1, -0.05) is 34.8 Å². The molecule has 1 aromatic carbocycles. The molecule has 0 saturated heterocycles. The molecular formula is C21H17Cl3N2O6S. The minimum atomic E-state index is -0.722. The lowest BCUT2D eigenvalue weighted by molar-refractivity contribution is 0.0527. The molecule has 3 aromatic rings. The molecule has 0 aliphatic carbocycles. The summed E-state index contributed by atoms with van der Waals surface area (Å²) in [7, 11) is 0. The Labute approximate surface area is 207 Å². The van der Waals surface area contributed by atoms with Crippen LogP contribution < -0.4 is 15.8 Å². The van der Waals surface area contributed by atoms with Gasteiger partial charge in [0.15, 0.2) is 11.5 Å². The summed E-state index contributed by atoms with van der Waals surface area (Å²) in [5, 5.41) is 3.51. The van der Waals surface area contributed by atoms with Crippen molar-refractivity contribution in [3.8, 4) is 5.75 Å². The topological polar surface area (TPSA) is 121 Å². The number of halogens is 3. The van der Waals surface area contributed by atoms with Gasteiger partial charge in [-0.2, -0.15) is 0 Å². The van der Waals surface area contributed by atoms with Crippen molar-refractivity contribution in [1.29, 1.82) is 0 Å². The third-order valence-corrected chi connectivity index (χ3v) is 6.29. The van der Waals surface area contributed by atoms with E-state index in [0.29, 0.717) is 16.3 Å². The molecule has 174 valence electrons. The van der Waals surface area contributed by atoms with Crippen LogP contribution in [0.25, 0.3) is 0 Å². The second-order valence-corrected chi connectivity index (χ2v) is 8.82. The summed E-state index contributed by atoms with van der Waals surface area (Å²) < 4.78 is 16.1. The van der Waals surface area contributed by atoms with E-state index in [1.807, 2.05) is 0 Å². The first-order valence-corrected chi connectivity index (χ1v) is 11.3. The maximum atomic E-state index is 12.7. The number of rotatable bonds is 8. The number of anilines is 1. The van der Waals surface area contributed by atoms with Crippen molar-refractivity contribution in [2.24, 2.45) is 5.73 Å². The van der Waals surface area contributed by atoms with Gasteiger partial charge >= 0.3 is 5.97 Å². The van der Waals surface area contributed by atoms with E-state index in [2.05, 4.69) is 5.32 Å². The van der Waals surface area contributed by atoms with Crippen LogP contribution in [-0.2, 0) is 11.3 Å². The first-order valence-electron chi connectivity index (χ1n) is 9.40. The first kappa shape index (κ1) is 24.9. The molecule has 0 fully saturated rings. The number of carbonyl (C=O) groups is 3. The molecule has 12 heteroatoms. The number of hydrogen-bond donors (Lipinski definition) is 2. The number of primary amides is 1. The number of nitrogens with one attached hydrogen (secondary N) is 1. The second-order valence-electron chi connectivity index (χ2n) is 6.55. The summed E-state index contributed by atoms with van der Waals surface area (Å²) in [4.78, 5) is 36.9. The third-order valence-electron chi connectivity index (χ3n) is 4.28. The van der Waals surface area contributed by atoms with Crippen LogP contribution in [0.3, 0.4) is 0 Å². The molecule has 2 heterocycles. The number of hydrogen-bond acceptors (Lipinski definition) is 7. The van der Waals surface area contributed by atoms with E-state index in [1.54, 1.807) is 13.8 Å². The van der Waals surface area contributed by atoms with Gasteiger partial charge in [-0.15, -0.1) is 11.3 Å². The second kappa shape index (κ2) is 10.5. The Morgan fingerprint density at radius 1 is 1.15 bits per heavy atom. The lowest BCUT2D eigenvalue weighted by Crippen LogP contribution is -2.14. The van der Waals surface area contributed by atoms with Crippen LogP contribution in [0.1, 0.15) is 48.8 Å². The predicted octanol–water partition coefficient (Wildman–Crippen LogP) is 5.72. The van der Waals surface area contributed by atoms with Crippen LogP contribution in [0.4, 0.5) is 5.00 Å². The van der Waals surface area contributed by atoms with Crippen molar-refractivity contribution in [3.63, 3.8) is 0 Å². The van der Waals surface area contributed by atoms with Crippen molar-refractivity contribution in [2.45, 2.75) is 20.5 Å². The quantitative estimate of drug-likeness (QED) is 0.359. The number of amides is 2. The smallest absolute Gasteiger partial charge is 0.341 e. The van der Waals surface area contributed by atoms with E-state index in [-0.39, 0.29) is 50.2 Å². The zero-order chi connectivity index (χ0) is 24.3. The van der Waals surface area contributed by atoms with Crippen LogP contribution in [0, 0.1) is 6.92 Å². The zero-order valence-electron chi connectivity index (χ0n) is 17.3. The van der Waals surface area contributed by atoms with Crippen LogP contribution in [0.15, 0.2) is 28.7 Å². The molecular weight excluding hydrogens is 515 g/mol. The largest absolute Gasteiger partial charge is 0.483 e. The molecule has 8 nitrogen and oxygen atoms in total. The van der Waals surface area contributed by atoms with Crippen molar-refractivity contribution in [1.82, 2.24) is 0 Å². The molecule has 0 radical (unpaired) electrons. The molecule has 3 N–H and O–H groups in total. The summed E-state index contributed by atoms with van der Waals surface area (Å²) in [5.41, 5.74) is 5.76. The fourth-order valence-corrected chi connectivity index (χ4v) is 4.81. The molecule has 0 atom stereocenters. The van der Waals surface area contributed by atoms with E-state index < -0.39 is 17.8 Å². The van der Waals surface area contributed by atoms with Gasteiger partial charge in [0.1, 0.15) is 17.4 Å². The van der Waals surface area contributed by atoms with E-state index in [0.717, 1.165) is 11.3 Å². The Balaban J connectivity index is 1.77. The Hall–Kier alpha value is -2.72. The predicted molar refractivity (Wildman–Crippen MR) is 126 cm³/mol. The van der Waals surface area contributed by atoms with Gasteiger partial charge in [0.25, 0.3) is 11.8 Å². The average molecular weight is 532 g/mol. The van der Waals surface area contributed by atoms with Gasteiger partial charge in [0.2, 0.25) is 0 Å². The molecule has 0 aliphatic rings. The molecule has 2 amide bonds. The van der Waals surface area contributed by atoms with E-state index in [9.17, 15) is 14.4 Å². The lowest BCUT2D eigenvalue weighted by Gasteiger charge is -2.09. The van der Waals surface area contributed by atoms with Crippen LogP contribution in [0.5, 0.6) is 5.75 Å². The van der Waals surface area contributed by atoms with Gasteiger partial charge in [0.05, 0.1) is 27.1 Å². The number of furan rings is 1. The van der Waals surface area contributed by atoms with Crippen molar-refractivity contribution in [3.05, 3.63) is 66.9 Å². The third kappa shape index (κ3) is 5.62. The number of nitrogens with two attached hydrogens (primary N) is 1. The number of benzene rings is 1. The highest BCUT2D eigenvalue weighted by Gasteiger charge is 2.26. The van der Waals surface area contributed by atoms with Crippen molar-refractivity contribution in [2.75, 3.05) is 11.9 Å². The van der Waals surface area contributed by atoms with Gasteiger partial charge in [0, 0.05) is 5.02 Å². The molecule has 0 saturated carbocycles. The Bertz CT molecular complexity index is 1210. The maximum Gasteiger partial charge on any atom is 0.341 e. The molecule has 0 bridgehead atoms. The van der Waals surface area contributed by atoms with Gasteiger partial charge in [-0.25, -0.2) is 4.79 Å². The minimum Gasteiger partial charge on any atom is -0.483 e. The molecule has 0 spiro atoms. The number of esters is 1. The summed E-state index contributed by atoms with van der Waals surface area (Å²) in [6.07, 6.45) is 0. The first-order chi connectivity index (χ1) is 15.6. The van der Waals surface area contributed by atoms with Gasteiger partial charge < -0.3 is 24.9 Å². The van der Waals surface area contributed by atoms with Crippen molar-refractivity contribution >= 4 is 68.9 Å². The van der Waals surface area contributed by atoms with Crippen molar-refractivity contribution < 1.29 is 28.3 Å². The zero-order valence-corrected chi connectivity index (χ0v) is 20.4. The Morgan fingerprint density at radius 2 is 1.82 bits per heavy atom. The number of ether oxygens (including phenoxy) is 2. The summed E-state index contributed by atoms with van der Waals surface area (Å²) in [5.74, 6) is -1.57. The summed E-state index contributed by atoms with van der Waals surface area (Å²) in [6.45, 7) is 3.25. The normalized spacial score (nSPS) is 10.7. The fourth-order valence-electron chi connectivity index (χ4n) is 2.84. The number of carbonyl (C=O) groups excluding carboxylic acids is 3. The Kier molecular flexibility index (Phi) is 7.91. The van der Waals surface area contributed by atoms with Gasteiger partial charge in [-0.3, -0.25) is 9.59 Å². The molecule has 33 heavy (non-hydrogen) atoms. The lowest BCUT2D eigenvalue weighted by atomic mass is 10.1. The van der Waals surface area contributed by atoms with Crippen LogP contribution in [0.2, 0.25) is 15.1 Å². The van der Waals surface area contributed by atoms with Crippen LogP contribution in [-0.4, -0.2) is 24.4 Å². The van der Waals surface area contributed by atoms with Gasteiger partial charge in [-0.05, 0) is 43.7 Å². The minimum absolute atomic E-state index is 0.0524. The fraction of sp³-hybridized carbons (Fsp3) is 0.190. The standard InChI is InChI=1S/C21H17Cl3N2O6S/c1-3-30-21(29)15-9(2)17(18(25)27)33-20(15)26-19(28)14-5-4-11(32-14)8-31-16-12(23)6-10(22)7-13(16)24/h4-7H,3,8H2,1-2H3,(H2,25,27)(H,26,28). The Morgan fingerprint density at radius 3 is 2.42 bits per heavy atom. The van der Waals surface area contributed by atoms with E-state index in [1.165, 1.54) is 24.3 Å². The molecule has 3 rings (SSSR count). The highest BCUT2D eigenvalue weighted by Crippen LogP contribution is 2.37. The number of thiophene rings is 1. The molecule has 2 aromatic heterocycles. The molecule has 0 aliphatic heterocycles. The highest BCUT2D eigenvalue weighted by atomic mass is 35.5. The average Bonchev–Trinajstić information content (AvgIpc) is 3.32. The molecule has 0 unspecified atom stereocenters. The monoisotopic (exact) mass is 530 g/mol. The van der Waals surface area contributed by atoms with Crippen LogP contribution >= 0.6 is 46.1 Å². The highest BCUT2D eigenvalue weighted by molar-refractivity contribution is 7.18. The van der Waals surface area contributed by atoms with E-state index >= 15 is 0 Å². The maximum absolute atomic E-state index is 12.7. The van der Waals surface area contributed by atoms with E-state index in [4.69, 9.17) is 54.4 Å². The SMILES string of the molecule is CCOC(=O)c1c(NC(=O)c2ccc(COc3c(Cl)cc(Cl)cc3Cl)o2)sc(C(N)=O)c1C.